The molecule has 1 unspecified atom stereocenters. The number of nitrogens with zero attached hydrogens (tertiary/aromatic N) is 3. The van der Waals surface area contributed by atoms with E-state index in [1.165, 1.54) is 5.39 Å². The normalized spacial score (nSPS) is 12.7. The van der Waals surface area contributed by atoms with E-state index in [1.54, 1.807) is 25.5 Å². The molecule has 2 aromatic heterocycles. The Balaban J connectivity index is 0.00000261. The van der Waals surface area contributed by atoms with Crippen LogP contribution in [0.3, 0.4) is 0 Å². The number of fused-ring (bicyclic) bond motifs is 1. The number of aliphatic imine (C=N–C) groups is 1. The summed E-state index contributed by atoms with van der Waals surface area (Å²) in [6.45, 7) is 3.39. The first-order valence-corrected chi connectivity index (χ1v) is 9.44. The quantitative estimate of drug-likeness (QED) is 0.304. The third-order valence-electron chi connectivity index (χ3n) is 4.27. The molecule has 6 nitrogen and oxygen atoms in total. The zero-order chi connectivity index (χ0) is 18.5. The summed E-state index contributed by atoms with van der Waals surface area (Å²) in [5, 5.41) is 7.69. The number of benzene rings is 1. The summed E-state index contributed by atoms with van der Waals surface area (Å²) in [5.41, 5.74) is 3.30. The van der Waals surface area contributed by atoms with E-state index in [2.05, 4.69) is 48.8 Å². The molecule has 1 aromatic carbocycles. The number of hydrogen-bond donors (Lipinski definition) is 2. The lowest BCUT2D eigenvalue weighted by atomic mass is 10.2. The summed E-state index contributed by atoms with van der Waals surface area (Å²) in [4.78, 5) is 14.5. The summed E-state index contributed by atoms with van der Waals surface area (Å²) in [6.07, 6.45) is 0.0264. The molecule has 0 fully saturated rings. The summed E-state index contributed by atoms with van der Waals surface area (Å²) in [7, 11) is 5.51. The average Bonchev–Trinajstić information content (AvgIpc) is 3.28. The fraction of sp³-hybridized carbons (Fsp3) is 0.368. The van der Waals surface area contributed by atoms with Crippen LogP contribution in [0.5, 0.6) is 0 Å². The predicted octanol–water partition coefficient (Wildman–Crippen LogP) is 4.16. The molecular weight excluding hydrogens is 473 g/mol. The smallest absolute Gasteiger partial charge is 0.194 e. The first-order chi connectivity index (χ1) is 12.6. The first kappa shape index (κ1) is 21.6. The zero-order valence-electron chi connectivity index (χ0n) is 16.0. The molecule has 0 aliphatic heterocycles. The standard InChI is InChI=1S/C19H25N5OS.HI/c1-13(25-4)18-23-16(12-26-18)11-24(3)19(20-2)21-10-15-9-14-7-5-6-8-17(14)22-15;/h5-9,12-13,22H,10-11H2,1-4H3,(H,20,21);1H. The SMILES string of the molecule is CN=C(NCc1cc2ccccc2[nH]1)N(C)Cc1csc(C(C)OC)n1.I. The average molecular weight is 499 g/mol. The van der Waals surface area contributed by atoms with Gasteiger partial charge in [-0.25, -0.2) is 4.98 Å². The molecule has 1 atom stereocenters. The second kappa shape index (κ2) is 10.0. The number of aromatic amines is 1. The largest absolute Gasteiger partial charge is 0.375 e. The highest BCUT2D eigenvalue weighted by Gasteiger charge is 2.13. The number of guanidine groups is 1. The van der Waals surface area contributed by atoms with Gasteiger partial charge in [-0.1, -0.05) is 18.2 Å². The Labute approximate surface area is 181 Å². The molecule has 3 aromatic rings. The highest BCUT2D eigenvalue weighted by Crippen LogP contribution is 2.21. The topological polar surface area (TPSA) is 65.5 Å². The van der Waals surface area contributed by atoms with Crippen molar-refractivity contribution in [3.05, 3.63) is 52.1 Å². The van der Waals surface area contributed by atoms with E-state index in [1.807, 2.05) is 26.1 Å². The highest BCUT2D eigenvalue weighted by molar-refractivity contribution is 14.0. The van der Waals surface area contributed by atoms with Crippen LogP contribution in [-0.4, -0.2) is 42.0 Å². The van der Waals surface area contributed by atoms with Gasteiger partial charge >= 0.3 is 0 Å². The first-order valence-electron chi connectivity index (χ1n) is 8.56. The molecule has 0 radical (unpaired) electrons. The summed E-state index contributed by atoms with van der Waals surface area (Å²) < 4.78 is 5.33. The van der Waals surface area contributed by atoms with E-state index in [0.717, 1.165) is 27.9 Å². The molecule has 8 heteroatoms. The van der Waals surface area contributed by atoms with Crippen molar-refractivity contribution in [1.82, 2.24) is 20.2 Å². The number of aromatic nitrogens is 2. The maximum Gasteiger partial charge on any atom is 0.194 e. The number of hydrogen-bond acceptors (Lipinski definition) is 4. The Hall–Kier alpha value is -1.65. The Bertz CT molecular complexity index is 858. The molecule has 2 N–H and O–H groups in total. The minimum Gasteiger partial charge on any atom is -0.375 e. The van der Waals surface area contributed by atoms with Gasteiger partial charge in [0.05, 0.1) is 18.8 Å². The summed E-state index contributed by atoms with van der Waals surface area (Å²) in [6, 6.07) is 10.4. The van der Waals surface area contributed by atoms with Gasteiger partial charge in [-0.2, -0.15) is 0 Å². The minimum absolute atomic E-state index is 0. The third kappa shape index (κ3) is 5.43. The lowest BCUT2D eigenvalue weighted by Crippen LogP contribution is -2.38. The number of para-hydroxylation sites is 1. The van der Waals surface area contributed by atoms with Gasteiger partial charge in [0.15, 0.2) is 5.96 Å². The van der Waals surface area contributed by atoms with Crippen molar-refractivity contribution in [2.75, 3.05) is 21.2 Å². The van der Waals surface area contributed by atoms with Crippen LogP contribution in [0.25, 0.3) is 10.9 Å². The molecule has 3 rings (SSSR count). The number of rotatable bonds is 6. The van der Waals surface area contributed by atoms with Gasteiger partial charge in [-0.05, 0) is 24.4 Å². The van der Waals surface area contributed by atoms with E-state index >= 15 is 0 Å². The maximum atomic E-state index is 5.33. The van der Waals surface area contributed by atoms with E-state index in [4.69, 9.17) is 4.74 Å². The summed E-state index contributed by atoms with van der Waals surface area (Å²) >= 11 is 1.63. The van der Waals surface area contributed by atoms with Gasteiger partial charge < -0.3 is 19.9 Å². The molecule has 146 valence electrons. The third-order valence-corrected chi connectivity index (χ3v) is 5.32. The van der Waals surface area contributed by atoms with Crippen LogP contribution in [0.15, 0.2) is 40.7 Å². The highest BCUT2D eigenvalue weighted by atomic mass is 127. The minimum atomic E-state index is 0. The van der Waals surface area contributed by atoms with Gasteiger partial charge in [0, 0.05) is 37.8 Å². The maximum absolute atomic E-state index is 5.33. The van der Waals surface area contributed by atoms with Crippen molar-refractivity contribution in [2.45, 2.75) is 26.1 Å². The molecule has 0 amide bonds. The molecular formula is C19H26IN5OS. The van der Waals surface area contributed by atoms with Crippen LogP contribution in [-0.2, 0) is 17.8 Å². The molecule has 0 spiro atoms. The Kier molecular flexibility index (Phi) is 8.06. The number of thiazole rings is 1. The summed E-state index contributed by atoms with van der Waals surface area (Å²) in [5.74, 6) is 0.831. The van der Waals surface area contributed by atoms with Crippen LogP contribution in [0.1, 0.15) is 29.4 Å². The number of nitrogens with one attached hydrogen (secondary N) is 2. The fourth-order valence-electron chi connectivity index (χ4n) is 2.79. The molecule has 0 aliphatic carbocycles. The van der Waals surface area contributed by atoms with Crippen LogP contribution in [0.2, 0.25) is 0 Å². The molecule has 0 saturated carbocycles. The Morgan fingerprint density at radius 1 is 1.41 bits per heavy atom. The molecule has 0 saturated heterocycles. The second-order valence-corrected chi connectivity index (χ2v) is 7.08. The number of methoxy groups -OCH3 is 1. The van der Waals surface area contributed by atoms with E-state index < -0.39 is 0 Å². The van der Waals surface area contributed by atoms with Gasteiger partial charge in [-0.3, -0.25) is 4.99 Å². The molecule has 0 aliphatic rings. The molecule has 2 heterocycles. The van der Waals surface area contributed by atoms with Crippen LogP contribution in [0.4, 0.5) is 0 Å². The Morgan fingerprint density at radius 2 is 2.19 bits per heavy atom. The van der Waals surface area contributed by atoms with E-state index in [-0.39, 0.29) is 30.1 Å². The fourth-order valence-corrected chi connectivity index (χ4v) is 3.63. The van der Waals surface area contributed by atoms with Gasteiger partial charge in [-0.15, -0.1) is 35.3 Å². The van der Waals surface area contributed by atoms with Crippen LogP contribution >= 0.6 is 35.3 Å². The zero-order valence-corrected chi connectivity index (χ0v) is 19.2. The second-order valence-electron chi connectivity index (χ2n) is 6.19. The van der Waals surface area contributed by atoms with Crippen LogP contribution < -0.4 is 5.32 Å². The van der Waals surface area contributed by atoms with Crippen molar-refractivity contribution < 1.29 is 4.74 Å². The lowest BCUT2D eigenvalue weighted by Gasteiger charge is -2.21. The monoisotopic (exact) mass is 499 g/mol. The van der Waals surface area contributed by atoms with Crippen LogP contribution in [0, 0.1) is 0 Å². The lowest BCUT2D eigenvalue weighted by molar-refractivity contribution is 0.119. The van der Waals surface area contributed by atoms with Crippen molar-refractivity contribution in [3.63, 3.8) is 0 Å². The van der Waals surface area contributed by atoms with E-state index in [0.29, 0.717) is 13.1 Å². The predicted molar refractivity (Wildman–Crippen MR) is 123 cm³/mol. The molecule has 0 bridgehead atoms. The van der Waals surface area contributed by atoms with Gasteiger partial charge in [0.2, 0.25) is 0 Å². The number of halogens is 1. The molecule has 27 heavy (non-hydrogen) atoms. The van der Waals surface area contributed by atoms with Crippen molar-refractivity contribution >= 4 is 52.2 Å². The van der Waals surface area contributed by atoms with Crippen molar-refractivity contribution in [3.8, 4) is 0 Å². The number of H-pyrrole nitrogens is 1. The van der Waals surface area contributed by atoms with Gasteiger partial charge in [0.1, 0.15) is 11.1 Å². The Morgan fingerprint density at radius 3 is 2.89 bits per heavy atom. The van der Waals surface area contributed by atoms with E-state index in [9.17, 15) is 0 Å². The van der Waals surface area contributed by atoms with Crippen molar-refractivity contribution in [1.29, 1.82) is 0 Å². The number of ether oxygens (including phenoxy) is 1. The van der Waals surface area contributed by atoms with Crippen molar-refractivity contribution in [2.24, 2.45) is 4.99 Å². The van der Waals surface area contributed by atoms with Gasteiger partial charge in [0.25, 0.3) is 0 Å².